The van der Waals surface area contributed by atoms with Crippen molar-refractivity contribution in [2.24, 2.45) is 5.41 Å². The molecule has 1 aromatic carbocycles. The third-order valence-electron chi connectivity index (χ3n) is 9.11. The quantitative estimate of drug-likeness (QED) is 0.296. The molecule has 1 atom stereocenters. The number of rotatable bonds is 6. The number of likely N-dealkylation sites (tertiary alicyclic amines) is 1. The van der Waals surface area contributed by atoms with E-state index in [4.69, 9.17) is 14.8 Å². The normalized spacial score (nSPS) is 19.3. The molecule has 43 heavy (non-hydrogen) atoms. The monoisotopic (exact) mass is 599 g/mol. The maximum Gasteiger partial charge on any atom is 0.251 e. The summed E-state index contributed by atoms with van der Waals surface area (Å²) in [7, 11) is 1.96. The lowest BCUT2D eigenvalue weighted by Crippen LogP contribution is -2.61. The molecule has 0 bridgehead atoms. The fourth-order valence-corrected chi connectivity index (χ4v) is 7.70. The topological polar surface area (TPSA) is 90.0 Å². The lowest BCUT2D eigenvalue weighted by Gasteiger charge is -2.48. The van der Waals surface area contributed by atoms with Crippen molar-refractivity contribution in [3.8, 4) is 17.3 Å². The first-order chi connectivity index (χ1) is 20.8. The molecule has 7 rings (SSSR count). The van der Waals surface area contributed by atoms with Crippen molar-refractivity contribution >= 4 is 39.3 Å². The van der Waals surface area contributed by atoms with Gasteiger partial charge in [-0.15, -0.1) is 0 Å². The van der Waals surface area contributed by atoms with E-state index in [2.05, 4.69) is 36.9 Å². The van der Waals surface area contributed by atoms with Crippen LogP contribution in [0.3, 0.4) is 0 Å². The Labute approximate surface area is 254 Å². The molecule has 1 amide bonds. The van der Waals surface area contributed by atoms with Crippen LogP contribution in [0.1, 0.15) is 42.5 Å². The van der Waals surface area contributed by atoms with Gasteiger partial charge in [-0.1, -0.05) is 18.3 Å². The minimum atomic E-state index is -0.328. The highest BCUT2D eigenvalue weighted by Gasteiger charge is 2.50. The first-order valence-electron chi connectivity index (χ1n) is 14.9. The zero-order chi connectivity index (χ0) is 29.9. The molecule has 0 saturated carbocycles. The van der Waals surface area contributed by atoms with E-state index in [0.717, 1.165) is 80.1 Å². The van der Waals surface area contributed by atoms with Crippen LogP contribution >= 0.6 is 11.3 Å². The molecule has 0 radical (unpaired) electrons. The molecule has 3 aromatic heterocycles. The molecule has 3 aliphatic rings. The fraction of sp³-hybridized carbons (Fsp3) is 0.438. The van der Waals surface area contributed by atoms with Gasteiger partial charge in [0.05, 0.1) is 16.9 Å². The molecule has 1 spiro atoms. The van der Waals surface area contributed by atoms with Gasteiger partial charge in [-0.25, -0.2) is 13.9 Å². The molecule has 0 N–H and O–H groups in total. The Bertz CT molecular complexity index is 1750. The average Bonchev–Trinajstić information content (AvgIpc) is 3.80. The fourth-order valence-electron chi connectivity index (χ4n) is 6.85. The van der Waals surface area contributed by atoms with Crippen LogP contribution in [0.25, 0.3) is 16.8 Å². The Morgan fingerprint density at radius 3 is 2.74 bits per heavy atom. The molecule has 0 aliphatic carbocycles. The zero-order valence-electron chi connectivity index (χ0n) is 24.6. The standard InChI is InChI=1S/C32H34FN7O2S/c1-4-24-29(37(3)31-35-28(27(16-34)43-31)21-7-9-22(33)10-8-21)25-15-23(14-20(2)40(25)36-24)38-12-11-32(17-38)18-39(19-32)30(41)26-6-5-13-42-26/h7-10,14-15,26H,4-6,11-13,17-19H2,1-3H3/t26-/m1/s1. The summed E-state index contributed by atoms with van der Waals surface area (Å²) in [4.78, 5) is 24.6. The van der Waals surface area contributed by atoms with Crippen LogP contribution in [-0.4, -0.2) is 71.3 Å². The lowest BCUT2D eigenvalue weighted by molar-refractivity contribution is -0.152. The van der Waals surface area contributed by atoms with E-state index in [1.807, 2.05) is 21.4 Å². The van der Waals surface area contributed by atoms with E-state index < -0.39 is 0 Å². The maximum atomic E-state index is 13.6. The van der Waals surface area contributed by atoms with Gasteiger partial charge in [0, 0.05) is 62.2 Å². The van der Waals surface area contributed by atoms with Crippen LogP contribution in [-0.2, 0) is 16.0 Å². The summed E-state index contributed by atoms with van der Waals surface area (Å²) in [6, 6.07) is 12.7. The highest BCUT2D eigenvalue weighted by atomic mass is 32.1. The minimum Gasteiger partial charge on any atom is -0.371 e. The van der Waals surface area contributed by atoms with Crippen molar-refractivity contribution in [3.63, 3.8) is 0 Å². The first-order valence-corrected chi connectivity index (χ1v) is 15.7. The second-order valence-corrected chi connectivity index (χ2v) is 13.0. The van der Waals surface area contributed by atoms with Crippen LogP contribution in [0, 0.1) is 29.5 Å². The molecule has 11 heteroatoms. The number of halogens is 1. The number of nitriles is 1. The third kappa shape index (κ3) is 4.73. The van der Waals surface area contributed by atoms with E-state index in [9.17, 15) is 14.4 Å². The van der Waals surface area contributed by atoms with Gasteiger partial charge in [0.2, 0.25) is 0 Å². The first kappa shape index (κ1) is 27.8. The third-order valence-corrected chi connectivity index (χ3v) is 10.1. The summed E-state index contributed by atoms with van der Waals surface area (Å²) >= 11 is 1.32. The highest BCUT2D eigenvalue weighted by Crippen LogP contribution is 2.44. The summed E-state index contributed by atoms with van der Waals surface area (Å²) in [6.07, 6.45) is 3.34. The number of amides is 1. The van der Waals surface area contributed by atoms with Gasteiger partial charge in [-0.2, -0.15) is 10.4 Å². The Kier molecular flexibility index (Phi) is 6.86. The number of thiazole rings is 1. The smallest absolute Gasteiger partial charge is 0.251 e. The van der Waals surface area contributed by atoms with Gasteiger partial charge in [-0.05, 0) is 69.0 Å². The number of nitrogens with zero attached hydrogens (tertiary/aromatic N) is 7. The molecule has 3 saturated heterocycles. The zero-order valence-corrected chi connectivity index (χ0v) is 25.5. The SMILES string of the molecule is CCc1nn2c(C)cc(N3CCC4(CN(C(=O)[C@H]5CCCO5)C4)C3)cc2c1N(C)c1nc(-c2ccc(F)cc2)c(C#N)s1. The molecule has 4 aromatic rings. The van der Waals surface area contributed by atoms with Crippen molar-refractivity contribution in [1.29, 1.82) is 5.26 Å². The number of carbonyl (C=O) groups excluding carboxylic acids is 1. The number of hydrogen-bond donors (Lipinski definition) is 0. The van der Waals surface area contributed by atoms with Crippen LogP contribution in [0.5, 0.6) is 0 Å². The predicted molar refractivity (Wildman–Crippen MR) is 164 cm³/mol. The van der Waals surface area contributed by atoms with Crippen molar-refractivity contribution in [3.05, 3.63) is 58.5 Å². The Hall–Kier alpha value is -4.01. The summed E-state index contributed by atoms with van der Waals surface area (Å²) in [5, 5.41) is 15.5. The van der Waals surface area contributed by atoms with E-state index >= 15 is 0 Å². The number of aryl methyl sites for hydroxylation is 2. The Morgan fingerprint density at radius 1 is 1.26 bits per heavy atom. The summed E-state index contributed by atoms with van der Waals surface area (Å²) in [5.74, 6) is -0.173. The van der Waals surface area contributed by atoms with Crippen LogP contribution < -0.4 is 9.80 Å². The summed E-state index contributed by atoms with van der Waals surface area (Å²) < 4.78 is 21.2. The average molecular weight is 600 g/mol. The van der Waals surface area contributed by atoms with Crippen molar-refractivity contribution in [2.45, 2.75) is 45.6 Å². The van der Waals surface area contributed by atoms with Gasteiger partial charge in [0.25, 0.3) is 5.91 Å². The van der Waals surface area contributed by atoms with Gasteiger partial charge >= 0.3 is 0 Å². The van der Waals surface area contributed by atoms with Crippen LogP contribution in [0.2, 0.25) is 0 Å². The number of ether oxygens (including phenoxy) is 1. The van der Waals surface area contributed by atoms with E-state index in [1.165, 1.54) is 23.5 Å². The number of pyridine rings is 1. The van der Waals surface area contributed by atoms with Crippen LogP contribution in [0.15, 0.2) is 36.4 Å². The number of anilines is 3. The second-order valence-electron chi connectivity index (χ2n) is 12.0. The van der Waals surface area contributed by atoms with Crippen molar-refractivity contribution < 1.29 is 13.9 Å². The number of hydrogen-bond acceptors (Lipinski definition) is 8. The molecule has 0 unspecified atom stereocenters. The highest BCUT2D eigenvalue weighted by molar-refractivity contribution is 7.16. The molecule has 3 aliphatic heterocycles. The molecular formula is C32H34FN7O2S. The molecular weight excluding hydrogens is 565 g/mol. The second kappa shape index (κ2) is 10.6. The summed E-state index contributed by atoms with van der Waals surface area (Å²) in [6.45, 7) is 8.30. The lowest BCUT2D eigenvalue weighted by atomic mass is 9.78. The van der Waals surface area contributed by atoms with E-state index in [1.54, 1.807) is 12.1 Å². The van der Waals surface area contributed by atoms with Gasteiger partial charge in [0.1, 0.15) is 28.6 Å². The Morgan fingerprint density at radius 2 is 2.05 bits per heavy atom. The number of benzene rings is 1. The van der Waals surface area contributed by atoms with Crippen LogP contribution in [0.4, 0.5) is 20.9 Å². The van der Waals surface area contributed by atoms with Gasteiger partial charge < -0.3 is 19.4 Å². The maximum absolute atomic E-state index is 13.6. The number of fused-ring (bicyclic) bond motifs is 1. The molecule has 222 valence electrons. The van der Waals surface area contributed by atoms with Gasteiger partial charge in [-0.3, -0.25) is 4.79 Å². The Balaban J connectivity index is 1.17. The van der Waals surface area contributed by atoms with Crippen molar-refractivity contribution in [1.82, 2.24) is 19.5 Å². The van der Waals surface area contributed by atoms with Gasteiger partial charge in [0.15, 0.2) is 5.13 Å². The minimum absolute atomic E-state index is 0.133. The molecule has 3 fully saturated rings. The molecule has 9 nitrogen and oxygen atoms in total. The largest absolute Gasteiger partial charge is 0.371 e. The number of carbonyl (C=O) groups is 1. The van der Waals surface area contributed by atoms with Crippen molar-refractivity contribution in [2.75, 3.05) is 49.6 Å². The molecule has 6 heterocycles. The van der Waals surface area contributed by atoms with E-state index in [0.29, 0.717) is 27.9 Å². The predicted octanol–water partition coefficient (Wildman–Crippen LogP) is 5.33. The van der Waals surface area contributed by atoms with E-state index in [-0.39, 0.29) is 23.2 Å². The summed E-state index contributed by atoms with van der Waals surface area (Å²) in [5.41, 5.74) is 6.46. The number of aromatic nitrogens is 3.